The van der Waals surface area contributed by atoms with Crippen molar-refractivity contribution in [2.24, 2.45) is 0 Å². The smallest absolute Gasteiger partial charge is 0.146 e. The minimum absolute atomic E-state index is 0.0849. The van der Waals surface area contributed by atoms with E-state index < -0.39 is 11.6 Å². The van der Waals surface area contributed by atoms with Gasteiger partial charge in [-0.1, -0.05) is 12.1 Å². The summed E-state index contributed by atoms with van der Waals surface area (Å²) in [5.41, 5.74) is 1.21. The molecule has 2 aromatic rings. The quantitative estimate of drug-likeness (QED) is 0.781. The number of nitrogens with one attached hydrogen (secondary N) is 1. The van der Waals surface area contributed by atoms with Gasteiger partial charge in [0.1, 0.15) is 11.6 Å². The summed E-state index contributed by atoms with van der Waals surface area (Å²) in [7, 11) is 0. The van der Waals surface area contributed by atoms with E-state index in [9.17, 15) is 8.78 Å². The van der Waals surface area contributed by atoms with Gasteiger partial charge in [0.05, 0.1) is 5.69 Å². The Morgan fingerprint density at radius 3 is 2.39 bits per heavy atom. The molecule has 0 bridgehead atoms. The van der Waals surface area contributed by atoms with Gasteiger partial charge in [-0.05, 0) is 65.4 Å². The van der Waals surface area contributed by atoms with Crippen molar-refractivity contribution in [3.63, 3.8) is 0 Å². The lowest BCUT2D eigenvalue weighted by atomic mass is 10.1. The van der Waals surface area contributed by atoms with Crippen molar-refractivity contribution >= 4 is 28.3 Å². The zero-order valence-corrected chi connectivity index (χ0v) is 11.9. The van der Waals surface area contributed by atoms with Gasteiger partial charge in [0.25, 0.3) is 0 Å². The Balaban J connectivity index is 2.18. The highest BCUT2D eigenvalue weighted by Crippen LogP contribution is 2.23. The highest BCUT2D eigenvalue weighted by molar-refractivity contribution is 14.1. The van der Waals surface area contributed by atoms with Crippen molar-refractivity contribution < 1.29 is 8.78 Å². The monoisotopic (exact) mass is 359 g/mol. The van der Waals surface area contributed by atoms with Gasteiger partial charge in [-0.25, -0.2) is 8.78 Å². The maximum Gasteiger partial charge on any atom is 0.146 e. The van der Waals surface area contributed by atoms with Crippen LogP contribution in [-0.4, -0.2) is 0 Å². The summed E-state index contributed by atoms with van der Waals surface area (Å²) in [6, 6.07) is 11.2. The Morgan fingerprint density at radius 1 is 1.06 bits per heavy atom. The van der Waals surface area contributed by atoms with Crippen molar-refractivity contribution in [2.75, 3.05) is 5.32 Å². The molecule has 1 N–H and O–H groups in total. The van der Waals surface area contributed by atoms with Crippen molar-refractivity contribution in [2.45, 2.75) is 13.0 Å². The summed E-state index contributed by atoms with van der Waals surface area (Å²) in [5.74, 6) is -0.900. The fourth-order valence-electron chi connectivity index (χ4n) is 1.68. The van der Waals surface area contributed by atoms with Crippen molar-refractivity contribution in [1.29, 1.82) is 0 Å². The van der Waals surface area contributed by atoms with Crippen LogP contribution in [0.2, 0.25) is 0 Å². The van der Waals surface area contributed by atoms with Gasteiger partial charge in [-0.2, -0.15) is 0 Å². The number of benzene rings is 2. The van der Waals surface area contributed by atoms with Gasteiger partial charge in [0.2, 0.25) is 0 Å². The molecule has 0 radical (unpaired) electrons. The Hall–Kier alpha value is -1.17. The number of hydrogen-bond acceptors (Lipinski definition) is 1. The van der Waals surface area contributed by atoms with Crippen LogP contribution in [0, 0.1) is 15.2 Å². The number of anilines is 1. The Labute approximate surface area is 118 Å². The van der Waals surface area contributed by atoms with Gasteiger partial charge in [0, 0.05) is 9.61 Å². The van der Waals surface area contributed by atoms with Gasteiger partial charge in [0.15, 0.2) is 0 Å². The minimum Gasteiger partial charge on any atom is -0.376 e. The topological polar surface area (TPSA) is 12.0 Å². The van der Waals surface area contributed by atoms with E-state index >= 15 is 0 Å². The zero-order valence-electron chi connectivity index (χ0n) is 9.75. The largest absolute Gasteiger partial charge is 0.376 e. The van der Waals surface area contributed by atoms with Crippen LogP contribution in [0.3, 0.4) is 0 Å². The summed E-state index contributed by atoms with van der Waals surface area (Å²) in [4.78, 5) is 0. The maximum atomic E-state index is 13.5. The van der Waals surface area contributed by atoms with Crippen LogP contribution in [-0.2, 0) is 0 Å². The molecule has 0 saturated carbocycles. The molecule has 18 heavy (non-hydrogen) atoms. The first-order valence-electron chi connectivity index (χ1n) is 5.53. The van der Waals surface area contributed by atoms with Gasteiger partial charge in [-0.3, -0.25) is 0 Å². The highest BCUT2D eigenvalue weighted by Gasteiger charge is 2.09. The molecule has 0 heterocycles. The predicted octanol–water partition coefficient (Wildman–Crippen LogP) is 4.74. The maximum absolute atomic E-state index is 13.5. The average Bonchev–Trinajstić information content (AvgIpc) is 2.34. The van der Waals surface area contributed by atoms with Crippen LogP contribution in [0.15, 0.2) is 42.5 Å². The zero-order chi connectivity index (χ0) is 13.1. The molecular weight excluding hydrogens is 347 g/mol. The van der Waals surface area contributed by atoms with Crippen molar-refractivity contribution in [3.8, 4) is 0 Å². The van der Waals surface area contributed by atoms with E-state index in [1.165, 1.54) is 6.07 Å². The molecule has 0 saturated heterocycles. The third-order valence-electron chi connectivity index (χ3n) is 2.67. The molecule has 0 fully saturated rings. The Bertz CT molecular complexity index is 540. The first kappa shape index (κ1) is 13.3. The number of halogens is 3. The summed E-state index contributed by atoms with van der Waals surface area (Å²) < 4.78 is 27.7. The van der Waals surface area contributed by atoms with Crippen LogP contribution in [0.25, 0.3) is 0 Å². The van der Waals surface area contributed by atoms with E-state index in [1.54, 1.807) is 0 Å². The first-order valence-corrected chi connectivity index (χ1v) is 6.61. The van der Waals surface area contributed by atoms with Crippen LogP contribution >= 0.6 is 22.6 Å². The van der Waals surface area contributed by atoms with Crippen molar-refractivity contribution in [3.05, 3.63) is 63.2 Å². The third-order valence-corrected chi connectivity index (χ3v) is 3.39. The number of hydrogen-bond donors (Lipinski definition) is 1. The second-order valence-electron chi connectivity index (χ2n) is 4.04. The van der Waals surface area contributed by atoms with E-state index in [0.29, 0.717) is 0 Å². The minimum atomic E-state index is -0.450. The predicted molar refractivity (Wildman–Crippen MR) is 77.6 cm³/mol. The normalized spacial score (nSPS) is 12.2. The molecule has 1 unspecified atom stereocenters. The Morgan fingerprint density at radius 2 is 1.72 bits per heavy atom. The second-order valence-corrected chi connectivity index (χ2v) is 5.29. The van der Waals surface area contributed by atoms with Gasteiger partial charge in [-0.15, -0.1) is 0 Å². The fraction of sp³-hybridized carbons (Fsp3) is 0.143. The van der Waals surface area contributed by atoms with E-state index in [4.69, 9.17) is 0 Å². The molecular formula is C14H12F2IN. The molecule has 0 aliphatic carbocycles. The molecule has 0 aliphatic rings. The second kappa shape index (κ2) is 5.65. The van der Waals surface area contributed by atoms with E-state index in [-0.39, 0.29) is 11.7 Å². The lowest BCUT2D eigenvalue weighted by Crippen LogP contribution is -2.08. The van der Waals surface area contributed by atoms with Crippen LogP contribution < -0.4 is 5.32 Å². The number of rotatable bonds is 3. The molecule has 2 rings (SSSR count). The first-order chi connectivity index (χ1) is 8.56. The summed E-state index contributed by atoms with van der Waals surface area (Å²) in [5, 5.41) is 2.97. The van der Waals surface area contributed by atoms with Crippen LogP contribution in [0.4, 0.5) is 14.5 Å². The fourth-order valence-corrected chi connectivity index (χ4v) is 2.04. The molecule has 0 aromatic heterocycles. The average molecular weight is 359 g/mol. The molecule has 0 spiro atoms. The third kappa shape index (κ3) is 3.19. The standard InChI is InChI=1S/C14H12F2IN/c1-9(10-2-5-12(17)6-3-10)18-14-8-11(15)4-7-13(14)16/h2-9,18H,1H3. The molecule has 1 nitrogen and oxygen atoms in total. The summed E-state index contributed by atoms with van der Waals surface area (Å²) in [6.07, 6.45) is 0. The molecule has 0 amide bonds. The molecule has 0 aliphatic heterocycles. The molecule has 94 valence electrons. The lowest BCUT2D eigenvalue weighted by molar-refractivity contribution is 0.600. The molecule has 2 aromatic carbocycles. The summed E-state index contributed by atoms with van der Waals surface area (Å²) >= 11 is 2.22. The van der Waals surface area contributed by atoms with E-state index in [2.05, 4.69) is 27.9 Å². The van der Waals surface area contributed by atoms with Gasteiger partial charge < -0.3 is 5.32 Å². The summed E-state index contributed by atoms with van der Waals surface area (Å²) in [6.45, 7) is 1.91. The van der Waals surface area contributed by atoms with Crippen LogP contribution in [0.1, 0.15) is 18.5 Å². The molecule has 1 atom stereocenters. The van der Waals surface area contributed by atoms with Crippen molar-refractivity contribution in [1.82, 2.24) is 0 Å². The van der Waals surface area contributed by atoms with E-state index in [1.807, 2.05) is 31.2 Å². The van der Waals surface area contributed by atoms with Crippen LogP contribution in [0.5, 0.6) is 0 Å². The van der Waals surface area contributed by atoms with E-state index in [0.717, 1.165) is 21.3 Å². The lowest BCUT2D eigenvalue weighted by Gasteiger charge is -2.16. The molecule has 4 heteroatoms. The highest BCUT2D eigenvalue weighted by atomic mass is 127. The van der Waals surface area contributed by atoms with Gasteiger partial charge >= 0.3 is 0 Å². The SMILES string of the molecule is CC(Nc1cc(F)ccc1F)c1ccc(I)cc1. The Kier molecular flexibility index (Phi) is 4.16.